The summed E-state index contributed by atoms with van der Waals surface area (Å²) in [6.45, 7) is 7.16. The Morgan fingerprint density at radius 3 is 2.27 bits per heavy atom. The van der Waals surface area contributed by atoms with Crippen molar-refractivity contribution in [2.75, 3.05) is 32.8 Å². The first kappa shape index (κ1) is 22.6. The predicted octanol–water partition coefficient (Wildman–Crippen LogP) is 5.74. The Hall–Kier alpha value is -2.15. The molecule has 33 heavy (non-hydrogen) atoms. The van der Waals surface area contributed by atoms with E-state index in [0.29, 0.717) is 5.92 Å². The second-order valence-corrected chi connectivity index (χ2v) is 11.5. The van der Waals surface area contributed by atoms with Crippen LogP contribution in [0, 0.1) is 5.92 Å². The van der Waals surface area contributed by atoms with E-state index in [0.717, 1.165) is 58.9 Å². The number of rotatable bonds is 9. The average Bonchev–Trinajstić information content (AvgIpc) is 3.58. The van der Waals surface area contributed by atoms with Crippen molar-refractivity contribution in [1.82, 2.24) is 0 Å². The lowest BCUT2D eigenvalue weighted by atomic mass is 9.82. The monoisotopic (exact) mass is 482 g/mol. The smallest absolute Gasteiger partial charge is 0.322 e. The van der Waals surface area contributed by atoms with E-state index >= 15 is 0 Å². The van der Waals surface area contributed by atoms with Crippen molar-refractivity contribution < 1.29 is 18.8 Å². The van der Waals surface area contributed by atoms with Crippen molar-refractivity contribution in [2.45, 2.75) is 37.7 Å². The fourth-order valence-corrected chi connectivity index (χ4v) is 7.32. The van der Waals surface area contributed by atoms with Crippen LogP contribution in [0.1, 0.15) is 35.9 Å². The summed E-state index contributed by atoms with van der Waals surface area (Å²) in [5.74, 6) is 1.32. The minimum atomic E-state index is -0.733. The molecule has 2 aromatic heterocycles. The van der Waals surface area contributed by atoms with Crippen molar-refractivity contribution in [3.63, 3.8) is 0 Å². The Morgan fingerprint density at radius 2 is 1.67 bits per heavy atom. The Bertz CT molecular complexity index is 991. The molecule has 2 bridgehead atoms. The Morgan fingerprint density at radius 1 is 1.00 bits per heavy atom. The molecule has 3 fully saturated rings. The molecule has 0 saturated carbocycles. The number of hydrogen-bond donors (Lipinski definition) is 0. The Balaban J connectivity index is 1.24. The highest BCUT2D eigenvalue weighted by Crippen LogP contribution is 2.41. The van der Waals surface area contributed by atoms with Crippen molar-refractivity contribution in [1.29, 1.82) is 0 Å². The average molecular weight is 483 g/mol. The molecule has 174 valence electrons. The summed E-state index contributed by atoms with van der Waals surface area (Å²) in [5, 5.41) is 4.08. The van der Waals surface area contributed by atoms with Crippen molar-refractivity contribution in [3.8, 4) is 5.75 Å². The number of carbonyl (C=O) groups excluding carboxylic acids is 1. The molecule has 1 atom stereocenters. The second kappa shape index (κ2) is 9.61. The van der Waals surface area contributed by atoms with E-state index in [1.54, 1.807) is 22.7 Å². The summed E-state index contributed by atoms with van der Waals surface area (Å²) in [4.78, 5) is 15.8. The van der Waals surface area contributed by atoms with Gasteiger partial charge in [-0.25, -0.2) is 0 Å². The fourth-order valence-electron chi connectivity index (χ4n) is 5.48. The van der Waals surface area contributed by atoms with Crippen LogP contribution in [0.3, 0.4) is 0 Å². The lowest BCUT2D eigenvalue weighted by Gasteiger charge is -2.52. The molecule has 0 spiro atoms. The Kier molecular flexibility index (Phi) is 6.59. The number of para-hydroxylation sites is 1. The van der Waals surface area contributed by atoms with E-state index in [1.165, 1.54) is 13.1 Å². The topological polar surface area (TPSA) is 35.5 Å². The van der Waals surface area contributed by atoms with Crippen LogP contribution in [-0.4, -0.2) is 49.3 Å². The normalized spacial score (nSPS) is 24.5. The van der Waals surface area contributed by atoms with Gasteiger partial charge in [0.1, 0.15) is 17.7 Å². The first-order chi connectivity index (χ1) is 16.1. The molecule has 6 rings (SSSR count). The van der Waals surface area contributed by atoms with Gasteiger partial charge in [-0.15, -0.1) is 22.7 Å². The summed E-state index contributed by atoms with van der Waals surface area (Å²) < 4.78 is 13.3. The number of hydrogen-bond acceptors (Lipinski definition) is 5. The van der Waals surface area contributed by atoms with Crippen molar-refractivity contribution in [2.24, 2.45) is 5.92 Å². The van der Waals surface area contributed by atoms with E-state index in [4.69, 9.17) is 9.47 Å². The van der Waals surface area contributed by atoms with Gasteiger partial charge in [-0.2, -0.15) is 0 Å². The van der Waals surface area contributed by atoms with E-state index in [-0.39, 0.29) is 12.1 Å². The largest absolute Gasteiger partial charge is 0.493 e. The van der Waals surface area contributed by atoms with Gasteiger partial charge < -0.3 is 14.0 Å². The SMILES string of the molecule is CC(C(=O)O[C@H]1C[N+]2(CCCOc3ccccc3)CCC1CC2)(c1cccs1)c1cccs1. The number of quaternary nitrogens is 1. The summed E-state index contributed by atoms with van der Waals surface area (Å²) in [6, 6.07) is 18.2. The molecular formula is C27H32NO3S2+. The summed E-state index contributed by atoms with van der Waals surface area (Å²) in [6.07, 6.45) is 3.31. The zero-order chi connectivity index (χ0) is 22.7. The first-order valence-electron chi connectivity index (χ1n) is 11.9. The second-order valence-electron chi connectivity index (χ2n) is 9.57. The highest BCUT2D eigenvalue weighted by Gasteiger charge is 2.50. The molecule has 0 N–H and O–H groups in total. The van der Waals surface area contributed by atoms with Gasteiger partial charge in [-0.05, 0) is 41.9 Å². The van der Waals surface area contributed by atoms with Crippen LogP contribution in [0.5, 0.6) is 5.75 Å². The van der Waals surface area contributed by atoms with Gasteiger partial charge in [0.05, 0.1) is 26.2 Å². The van der Waals surface area contributed by atoms with E-state index < -0.39 is 5.41 Å². The van der Waals surface area contributed by atoms with Crippen LogP contribution in [0.25, 0.3) is 0 Å². The molecule has 3 saturated heterocycles. The first-order valence-corrected chi connectivity index (χ1v) is 13.7. The zero-order valence-corrected chi connectivity index (χ0v) is 20.8. The van der Waals surface area contributed by atoms with Gasteiger partial charge in [0.25, 0.3) is 0 Å². The lowest BCUT2D eigenvalue weighted by molar-refractivity contribution is -0.946. The maximum atomic E-state index is 13.7. The maximum Gasteiger partial charge on any atom is 0.322 e. The standard InChI is InChI=1S/C27H32NO3S2/c1-27(24-10-5-18-32-24,25-11-6-19-33-25)26(29)31-23-20-28(15-12-21(23)13-16-28)14-7-17-30-22-8-3-2-4-9-22/h2-6,8-11,18-19,21,23H,7,12-17,20H2,1H3/q+1/t21?,23-,28?/m0/s1. The molecule has 6 heteroatoms. The molecule has 1 aromatic carbocycles. The summed E-state index contributed by atoms with van der Waals surface area (Å²) >= 11 is 3.27. The van der Waals surface area contributed by atoms with Gasteiger partial charge in [0.15, 0.2) is 6.10 Å². The van der Waals surface area contributed by atoms with Crippen molar-refractivity contribution in [3.05, 3.63) is 75.1 Å². The molecule has 3 aromatic rings. The number of piperidine rings is 3. The zero-order valence-electron chi connectivity index (χ0n) is 19.2. The Labute approximate surface area is 204 Å². The van der Waals surface area contributed by atoms with Gasteiger partial charge in [0.2, 0.25) is 0 Å². The molecule has 0 radical (unpaired) electrons. The number of benzene rings is 1. The fraction of sp³-hybridized carbons (Fsp3) is 0.444. The van der Waals surface area contributed by atoms with Crippen LogP contribution >= 0.6 is 22.7 Å². The molecule has 3 aliphatic heterocycles. The van der Waals surface area contributed by atoms with E-state index in [1.807, 2.05) is 60.1 Å². The molecule has 4 nitrogen and oxygen atoms in total. The minimum Gasteiger partial charge on any atom is -0.493 e. The number of fused-ring (bicyclic) bond motifs is 3. The van der Waals surface area contributed by atoms with Crippen molar-refractivity contribution >= 4 is 28.6 Å². The third-order valence-electron chi connectivity index (χ3n) is 7.52. The highest BCUT2D eigenvalue weighted by molar-refractivity contribution is 7.12. The van der Waals surface area contributed by atoms with Crippen LogP contribution in [0.15, 0.2) is 65.4 Å². The summed E-state index contributed by atoms with van der Waals surface area (Å²) in [7, 11) is 0. The third-order valence-corrected chi connectivity index (χ3v) is 9.71. The van der Waals surface area contributed by atoms with Gasteiger partial charge in [-0.3, -0.25) is 4.79 Å². The van der Waals surface area contributed by atoms with Gasteiger partial charge in [-0.1, -0.05) is 30.3 Å². The van der Waals surface area contributed by atoms with Crippen LogP contribution in [0.4, 0.5) is 0 Å². The lowest BCUT2D eigenvalue weighted by Crippen LogP contribution is -2.65. The van der Waals surface area contributed by atoms with E-state index in [2.05, 4.69) is 12.1 Å². The maximum absolute atomic E-state index is 13.7. The molecule has 5 heterocycles. The predicted molar refractivity (Wildman–Crippen MR) is 134 cm³/mol. The molecule has 0 unspecified atom stereocenters. The van der Waals surface area contributed by atoms with Crippen LogP contribution < -0.4 is 4.74 Å². The number of carbonyl (C=O) groups is 1. The number of thiophene rings is 2. The molecule has 3 aliphatic rings. The minimum absolute atomic E-state index is 0.00860. The van der Waals surface area contributed by atoms with Gasteiger partial charge >= 0.3 is 5.97 Å². The van der Waals surface area contributed by atoms with Gasteiger partial charge in [0, 0.05) is 34.9 Å². The molecule has 0 amide bonds. The van der Waals surface area contributed by atoms with Crippen LogP contribution in [-0.2, 0) is 14.9 Å². The number of esters is 1. The quantitative estimate of drug-likeness (QED) is 0.222. The highest BCUT2D eigenvalue weighted by atomic mass is 32.1. The van der Waals surface area contributed by atoms with Crippen LogP contribution in [0.2, 0.25) is 0 Å². The summed E-state index contributed by atoms with van der Waals surface area (Å²) in [5.41, 5.74) is -0.733. The number of ether oxygens (including phenoxy) is 2. The molecular weight excluding hydrogens is 450 g/mol. The molecule has 0 aliphatic carbocycles. The third kappa shape index (κ3) is 4.61. The number of nitrogens with zero attached hydrogens (tertiary/aromatic N) is 1. The van der Waals surface area contributed by atoms with E-state index in [9.17, 15) is 4.79 Å².